The van der Waals surface area contributed by atoms with Gasteiger partial charge < -0.3 is 4.74 Å². The van der Waals surface area contributed by atoms with Gasteiger partial charge in [-0.3, -0.25) is 0 Å². The van der Waals surface area contributed by atoms with E-state index in [1.807, 2.05) is 53.2 Å². The minimum Gasteiger partial charge on any atom is -0.379 e. The molecule has 24 heavy (non-hydrogen) atoms. The molecular weight excluding hydrogens is 324 g/mol. The number of pyridine rings is 1. The first-order valence-electron chi connectivity index (χ1n) is 7.95. The summed E-state index contributed by atoms with van der Waals surface area (Å²) in [6, 6.07) is 13.4. The molecule has 0 radical (unpaired) electrons. The molecule has 1 aliphatic heterocycles. The van der Waals surface area contributed by atoms with Crippen molar-refractivity contribution in [2.75, 3.05) is 26.3 Å². The first kappa shape index (κ1) is 16.8. The van der Waals surface area contributed by atoms with E-state index in [0.717, 1.165) is 5.56 Å². The number of hydrogen-bond donors (Lipinski definition) is 0. The lowest BCUT2D eigenvalue weighted by Gasteiger charge is -2.25. The molecule has 0 unspecified atom stereocenters. The third-order valence-corrected chi connectivity index (χ3v) is 5.75. The van der Waals surface area contributed by atoms with Crippen molar-refractivity contribution >= 4 is 16.1 Å². The van der Waals surface area contributed by atoms with Crippen molar-refractivity contribution in [3.05, 3.63) is 66.5 Å². The zero-order valence-electron chi connectivity index (χ0n) is 13.4. The van der Waals surface area contributed by atoms with Crippen LogP contribution in [0.3, 0.4) is 0 Å². The van der Waals surface area contributed by atoms with E-state index in [4.69, 9.17) is 4.74 Å². The summed E-state index contributed by atoms with van der Waals surface area (Å²) in [6.07, 6.45) is 7.59. The van der Waals surface area contributed by atoms with Gasteiger partial charge in [0, 0.05) is 19.2 Å². The van der Waals surface area contributed by atoms with Gasteiger partial charge in [-0.05, 0) is 17.7 Å². The van der Waals surface area contributed by atoms with Crippen molar-refractivity contribution in [1.29, 1.82) is 0 Å². The number of sulfonamides is 1. The van der Waals surface area contributed by atoms with Crippen molar-refractivity contribution in [1.82, 2.24) is 4.31 Å². The molecule has 6 heteroatoms. The molecule has 0 spiro atoms. The summed E-state index contributed by atoms with van der Waals surface area (Å²) in [6.45, 7) is 2.33. The second-order valence-electron chi connectivity index (χ2n) is 5.57. The second kappa shape index (κ2) is 7.70. The van der Waals surface area contributed by atoms with Crippen LogP contribution in [0.1, 0.15) is 5.56 Å². The average Bonchev–Trinajstić information content (AvgIpc) is 2.64. The zero-order chi connectivity index (χ0) is 16.8. The van der Waals surface area contributed by atoms with Crippen LogP contribution >= 0.6 is 0 Å². The Morgan fingerprint density at radius 3 is 2.58 bits per heavy atom. The molecule has 1 aliphatic rings. The van der Waals surface area contributed by atoms with Crippen molar-refractivity contribution in [2.45, 2.75) is 11.4 Å². The second-order valence-corrected chi connectivity index (χ2v) is 7.50. The number of hydrogen-bond acceptors (Lipinski definition) is 3. The monoisotopic (exact) mass is 345 g/mol. The lowest BCUT2D eigenvalue weighted by Crippen LogP contribution is -2.42. The first-order chi connectivity index (χ1) is 11.7. The number of benzene rings is 1. The standard InChI is InChI=1S/C18H21N2O3S/c21-24(22,20-12-14-23-15-13-20)18-9-5-11-19(16-18)10-4-8-17-6-2-1-3-7-17/h1-9,11,16H,10,12-15H2/q+1/b8-4-. The van der Waals surface area contributed by atoms with E-state index in [1.54, 1.807) is 18.3 Å². The molecule has 0 saturated carbocycles. The zero-order valence-corrected chi connectivity index (χ0v) is 14.2. The molecule has 0 atom stereocenters. The number of allylic oxidation sites excluding steroid dienone is 1. The Balaban J connectivity index is 1.73. The van der Waals surface area contributed by atoms with E-state index >= 15 is 0 Å². The van der Waals surface area contributed by atoms with Crippen molar-refractivity contribution in [3.8, 4) is 0 Å². The summed E-state index contributed by atoms with van der Waals surface area (Å²) >= 11 is 0. The average molecular weight is 345 g/mol. The third-order valence-electron chi connectivity index (χ3n) is 3.87. The highest BCUT2D eigenvalue weighted by Crippen LogP contribution is 2.15. The summed E-state index contributed by atoms with van der Waals surface area (Å²) in [5.74, 6) is 0. The van der Waals surface area contributed by atoms with E-state index in [2.05, 4.69) is 0 Å². The van der Waals surface area contributed by atoms with Crippen molar-refractivity contribution in [3.63, 3.8) is 0 Å². The minimum absolute atomic E-state index is 0.319. The summed E-state index contributed by atoms with van der Waals surface area (Å²) in [5, 5.41) is 0. The quantitative estimate of drug-likeness (QED) is 0.775. The highest BCUT2D eigenvalue weighted by molar-refractivity contribution is 7.89. The Kier molecular flexibility index (Phi) is 5.40. The van der Waals surface area contributed by atoms with Gasteiger partial charge in [-0.25, -0.2) is 13.0 Å². The van der Waals surface area contributed by atoms with Crippen LogP contribution < -0.4 is 4.57 Å². The molecule has 1 aromatic carbocycles. The molecule has 1 saturated heterocycles. The van der Waals surface area contributed by atoms with Crippen LogP contribution in [0.4, 0.5) is 0 Å². The fraction of sp³-hybridized carbons (Fsp3) is 0.278. The molecule has 1 fully saturated rings. The number of nitrogens with zero attached hydrogens (tertiary/aromatic N) is 2. The Labute approximate surface area is 142 Å². The van der Waals surface area contributed by atoms with Gasteiger partial charge in [0.25, 0.3) is 0 Å². The topological polar surface area (TPSA) is 50.5 Å². The van der Waals surface area contributed by atoms with Crippen molar-refractivity contribution < 1.29 is 17.7 Å². The van der Waals surface area contributed by atoms with Gasteiger partial charge in [-0.1, -0.05) is 36.4 Å². The molecule has 2 heterocycles. The molecule has 2 aromatic rings. The van der Waals surface area contributed by atoms with E-state index in [1.165, 1.54) is 4.31 Å². The maximum Gasteiger partial charge on any atom is 0.249 e. The van der Waals surface area contributed by atoms with Crippen LogP contribution in [0.2, 0.25) is 0 Å². The number of morpholine rings is 1. The maximum absolute atomic E-state index is 12.7. The highest BCUT2D eigenvalue weighted by atomic mass is 32.2. The normalized spacial score (nSPS) is 16.5. The summed E-state index contributed by atoms with van der Waals surface area (Å²) in [4.78, 5) is 0.319. The predicted molar refractivity (Wildman–Crippen MR) is 91.7 cm³/mol. The SMILES string of the molecule is O=S(=O)(c1ccc[n+](C/C=C\c2ccccc2)c1)N1CCOCC1. The summed E-state index contributed by atoms with van der Waals surface area (Å²) in [7, 11) is -3.45. The van der Waals surface area contributed by atoms with Gasteiger partial charge in [0.15, 0.2) is 18.9 Å². The van der Waals surface area contributed by atoms with E-state index in [9.17, 15) is 8.42 Å². The molecule has 126 valence electrons. The van der Waals surface area contributed by atoms with Gasteiger partial charge in [-0.15, -0.1) is 0 Å². The lowest BCUT2D eigenvalue weighted by molar-refractivity contribution is -0.688. The predicted octanol–water partition coefficient (Wildman–Crippen LogP) is 1.71. The molecule has 0 bridgehead atoms. The lowest BCUT2D eigenvalue weighted by atomic mass is 10.2. The molecule has 5 nitrogen and oxygen atoms in total. The first-order valence-corrected chi connectivity index (χ1v) is 9.39. The van der Waals surface area contributed by atoms with Crippen LogP contribution in [0.5, 0.6) is 0 Å². The van der Waals surface area contributed by atoms with E-state index < -0.39 is 10.0 Å². The number of rotatable bonds is 5. The summed E-state index contributed by atoms with van der Waals surface area (Å²) < 4.78 is 33.9. The van der Waals surface area contributed by atoms with Crippen LogP contribution in [0.25, 0.3) is 6.08 Å². The molecule has 0 aliphatic carbocycles. The minimum atomic E-state index is -3.45. The molecule has 0 N–H and O–H groups in total. The van der Waals surface area contributed by atoms with Gasteiger partial charge >= 0.3 is 0 Å². The van der Waals surface area contributed by atoms with Gasteiger partial charge in [0.05, 0.1) is 13.2 Å². The third kappa shape index (κ3) is 4.08. The fourth-order valence-corrected chi connectivity index (χ4v) is 4.02. The van der Waals surface area contributed by atoms with Gasteiger partial charge in [-0.2, -0.15) is 4.31 Å². The van der Waals surface area contributed by atoms with E-state index in [-0.39, 0.29) is 0 Å². The van der Waals surface area contributed by atoms with Gasteiger partial charge in [0.2, 0.25) is 10.0 Å². The Morgan fingerprint density at radius 2 is 1.83 bits per heavy atom. The maximum atomic E-state index is 12.7. The Hall–Kier alpha value is -2.02. The van der Waals surface area contributed by atoms with Crippen LogP contribution in [-0.4, -0.2) is 39.0 Å². The van der Waals surface area contributed by atoms with Crippen LogP contribution in [0, 0.1) is 0 Å². The van der Waals surface area contributed by atoms with Crippen LogP contribution in [-0.2, 0) is 21.3 Å². The highest BCUT2D eigenvalue weighted by Gasteiger charge is 2.28. The smallest absolute Gasteiger partial charge is 0.249 e. The van der Waals surface area contributed by atoms with Crippen LogP contribution in [0.15, 0.2) is 65.8 Å². The molecular formula is C18H21N2O3S+. The fourth-order valence-electron chi connectivity index (χ4n) is 2.57. The number of ether oxygens (including phenoxy) is 1. The van der Waals surface area contributed by atoms with Crippen molar-refractivity contribution in [2.24, 2.45) is 0 Å². The van der Waals surface area contributed by atoms with Gasteiger partial charge in [0.1, 0.15) is 4.90 Å². The molecule has 0 amide bonds. The Bertz CT molecular complexity index is 798. The number of aromatic nitrogens is 1. The summed E-state index contributed by atoms with van der Waals surface area (Å²) in [5.41, 5.74) is 1.12. The largest absolute Gasteiger partial charge is 0.379 e. The Morgan fingerprint density at radius 1 is 1.08 bits per heavy atom. The molecule has 3 rings (SSSR count). The van der Waals surface area contributed by atoms with E-state index in [0.29, 0.717) is 37.7 Å². The molecule has 1 aromatic heterocycles.